The molecule has 0 radical (unpaired) electrons. The van der Waals surface area contributed by atoms with Crippen molar-refractivity contribution < 1.29 is 14.3 Å². The fourth-order valence-electron chi connectivity index (χ4n) is 3.10. The van der Waals surface area contributed by atoms with Crippen molar-refractivity contribution in [2.24, 2.45) is 0 Å². The summed E-state index contributed by atoms with van der Waals surface area (Å²) in [6, 6.07) is 3.45. The number of rotatable bonds is 9. The molecule has 0 atom stereocenters. The zero-order valence-electron chi connectivity index (χ0n) is 18.5. The third-order valence-corrected chi connectivity index (χ3v) is 4.79. The van der Waals surface area contributed by atoms with Gasteiger partial charge in [0.05, 0.1) is 13.2 Å². The van der Waals surface area contributed by atoms with Crippen molar-refractivity contribution in [3.8, 4) is 0 Å². The highest BCUT2D eigenvalue weighted by Crippen LogP contribution is 2.21. The number of aromatic nitrogens is 1. The third-order valence-electron chi connectivity index (χ3n) is 4.79. The SMILES string of the molecule is C=C(/C=C(/C(=O)NCCN1CCOCC1)C(C=N)=C(C)C)c1ccc(NC(C)=O)nc1. The van der Waals surface area contributed by atoms with Gasteiger partial charge in [0.15, 0.2) is 0 Å². The Morgan fingerprint density at radius 1 is 1.26 bits per heavy atom. The molecule has 2 amide bonds. The van der Waals surface area contributed by atoms with Gasteiger partial charge in [-0.1, -0.05) is 12.2 Å². The fourth-order valence-corrected chi connectivity index (χ4v) is 3.10. The molecule has 0 spiro atoms. The van der Waals surface area contributed by atoms with Crippen molar-refractivity contribution in [1.82, 2.24) is 15.2 Å². The maximum absolute atomic E-state index is 13.0. The molecule has 1 aliphatic heterocycles. The highest BCUT2D eigenvalue weighted by Gasteiger charge is 2.16. The molecule has 8 nitrogen and oxygen atoms in total. The minimum atomic E-state index is -0.253. The van der Waals surface area contributed by atoms with Crippen LogP contribution in [0.15, 0.2) is 47.7 Å². The first kappa shape index (κ1) is 24.2. The van der Waals surface area contributed by atoms with Crippen molar-refractivity contribution in [3.63, 3.8) is 0 Å². The van der Waals surface area contributed by atoms with Gasteiger partial charge in [-0.3, -0.25) is 14.5 Å². The van der Waals surface area contributed by atoms with E-state index in [0.717, 1.165) is 25.2 Å². The largest absolute Gasteiger partial charge is 0.379 e. The molecule has 1 fully saturated rings. The molecule has 166 valence electrons. The Labute approximate surface area is 183 Å². The molecule has 0 saturated carbocycles. The van der Waals surface area contributed by atoms with E-state index in [9.17, 15) is 9.59 Å². The van der Waals surface area contributed by atoms with E-state index in [2.05, 4.69) is 27.1 Å². The van der Waals surface area contributed by atoms with E-state index in [0.29, 0.717) is 47.9 Å². The van der Waals surface area contributed by atoms with Gasteiger partial charge in [-0.25, -0.2) is 4.98 Å². The number of ether oxygens (including phenoxy) is 1. The molecule has 0 unspecified atom stereocenters. The number of allylic oxidation sites excluding steroid dienone is 3. The van der Waals surface area contributed by atoms with Crippen LogP contribution in [0.3, 0.4) is 0 Å². The number of hydrogen-bond acceptors (Lipinski definition) is 6. The van der Waals surface area contributed by atoms with Crippen LogP contribution in [0.25, 0.3) is 5.57 Å². The van der Waals surface area contributed by atoms with Crippen molar-refractivity contribution in [2.45, 2.75) is 20.8 Å². The van der Waals surface area contributed by atoms with Crippen molar-refractivity contribution in [3.05, 3.63) is 53.3 Å². The Morgan fingerprint density at radius 3 is 2.52 bits per heavy atom. The van der Waals surface area contributed by atoms with Gasteiger partial charge in [-0.15, -0.1) is 0 Å². The fraction of sp³-hybridized carbons (Fsp3) is 0.391. The van der Waals surface area contributed by atoms with Crippen LogP contribution in [0.2, 0.25) is 0 Å². The Kier molecular flexibility index (Phi) is 9.30. The number of nitrogens with zero attached hydrogens (tertiary/aromatic N) is 2. The van der Waals surface area contributed by atoms with Crippen molar-refractivity contribution in [1.29, 1.82) is 5.41 Å². The molecular weight excluding hydrogens is 394 g/mol. The van der Waals surface area contributed by atoms with Crippen molar-refractivity contribution in [2.75, 3.05) is 44.7 Å². The predicted octanol–water partition coefficient (Wildman–Crippen LogP) is 2.41. The Balaban J connectivity index is 2.15. The lowest BCUT2D eigenvalue weighted by Crippen LogP contribution is -2.41. The topological polar surface area (TPSA) is 107 Å². The number of carbonyl (C=O) groups is 2. The minimum Gasteiger partial charge on any atom is -0.379 e. The summed E-state index contributed by atoms with van der Waals surface area (Å²) in [5, 5.41) is 13.4. The average molecular weight is 426 g/mol. The van der Waals surface area contributed by atoms with Gasteiger partial charge in [0.25, 0.3) is 5.91 Å². The molecule has 8 heteroatoms. The Morgan fingerprint density at radius 2 is 1.97 bits per heavy atom. The van der Waals surface area contributed by atoms with E-state index in [1.807, 2.05) is 13.8 Å². The molecular formula is C23H31N5O3. The number of amides is 2. The second-order valence-corrected chi connectivity index (χ2v) is 7.46. The van der Waals surface area contributed by atoms with E-state index in [1.54, 1.807) is 24.4 Å². The summed E-state index contributed by atoms with van der Waals surface area (Å²) in [6.07, 6.45) is 4.45. The lowest BCUT2D eigenvalue weighted by molar-refractivity contribution is -0.117. The molecule has 0 aliphatic carbocycles. The molecule has 31 heavy (non-hydrogen) atoms. The lowest BCUT2D eigenvalue weighted by Gasteiger charge is -2.26. The van der Waals surface area contributed by atoms with Crippen LogP contribution in [-0.4, -0.2) is 67.3 Å². The maximum atomic E-state index is 13.0. The Hall–Kier alpha value is -3.10. The van der Waals surface area contributed by atoms with E-state index >= 15 is 0 Å². The smallest absolute Gasteiger partial charge is 0.252 e. The van der Waals surface area contributed by atoms with Gasteiger partial charge in [0, 0.05) is 56.7 Å². The molecule has 1 saturated heterocycles. The van der Waals surface area contributed by atoms with Gasteiger partial charge in [0.2, 0.25) is 5.91 Å². The molecule has 1 aliphatic rings. The first-order valence-corrected chi connectivity index (χ1v) is 10.2. The monoisotopic (exact) mass is 425 g/mol. The van der Waals surface area contributed by atoms with Crippen LogP contribution in [0.4, 0.5) is 5.82 Å². The van der Waals surface area contributed by atoms with Gasteiger partial charge in [0.1, 0.15) is 5.82 Å². The molecule has 2 rings (SSSR count). The highest BCUT2D eigenvalue weighted by molar-refractivity contribution is 6.07. The van der Waals surface area contributed by atoms with Gasteiger partial charge in [-0.2, -0.15) is 0 Å². The van der Waals surface area contributed by atoms with Crippen molar-refractivity contribution >= 4 is 29.4 Å². The van der Waals surface area contributed by atoms with Crippen LogP contribution >= 0.6 is 0 Å². The number of morpholine rings is 1. The minimum absolute atomic E-state index is 0.200. The van der Waals surface area contributed by atoms with Crippen LogP contribution in [0, 0.1) is 5.41 Å². The summed E-state index contributed by atoms with van der Waals surface area (Å²) in [4.78, 5) is 30.6. The molecule has 2 heterocycles. The second-order valence-electron chi connectivity index (χ2n) is 7.46. The van der Waals surface area contributed by atoms with Gasteiger partial charge < -0.3 is 20.8 Å². The maximum Gasteiger partial charge on any atom is 0.252 e. The summed E-state index contributed by atoms with van der Waals surface area (Å²) in [5.74, 6) is -0.00952. The van der Waals surface area contributed by atoms with Crippen LogP contribution < -0.4 is 10.6 Å². The predicted molar refractivity (Wildman–Crippen MR) is 123 cm³/mol. The van der Waals surface area contributed by atoms with E-state index in [4.69, 9.17) is 10.1 Å². The summed E-state index contributed by atoms with van der Waals surface area (Å²) in [7, 11) is 0. The van der Waals surface area contributed by atoms with E-state index in [1.165, 1.54) is 13.1 Å². The van der Waals surface area contributed by atoms with E-state index < -0.39 is 0 Å². The normalized spacial score (nSPS) is 14.5. The van der Waals surface area contributed by atoms with Crippen LogP contribution in [0.5, 0.6) is 0 Å². The van der Waals surface area contributed by atoms with Gasteiger partial charge in [-0.05, 0) is 43.2 Å². The van der Waals surface area contributed by atoms with Crippen LogP contribution in [0.1, 0.15) is 26.3 Å². The zero-order valence-corrected chi connectivity index (χ0v) is 18.5. The number of anilines is 1. The molecule has 0 aromatic carbocycles. The first-order valence-electron chi connectivity index (χ1n) is 10.2. The molecule has 1 aromatic rings. The summed E-state index contributed by atoms with van der Waals surface area (Å²) >= 11 is 0. The number of hydrogen-bond donors (Lipinski definition) is 3. The third kappa shape index (κ3) is 7.58. The average Bonchev–Trinajstić information content (AvgIpc) is 2.74. The second kappa shape index (κ2) is 11.9. The molecule has 3 N–H and O–H groups in total. The van der Waals surface area contributed by atoms with Gasteiger partial charge >= 0.3 is 0 Å². The summed E-state index contributed by atoms with van der Waals surface area (Å²) in [6.45, 7) is 13.6. The summed E-state index contributed by atoms with van der Waals surface area (Å²) in [5.41, 5.74) is 3.09. The Bertz CT molecular complexity index is 877. The molecule has 0 bridgehead atoms. The highest BCUT2D eigenvalue weighted by atomic mass is 16.5. The zero-order chi connectivity index (χ0) is 22.8. The summed E-state index contributed by atoms with van der Waals surface area (Å²) < 4.78 is 5.35. The van der Waals surface area contributed by atoms with Crippen LogP contribution in [-0.2, 0) is 14.3 Å². The lowest BCUT2D eigenvalue weighted by atomic mass is 9.97. The standard InChI is InChI=1S/C23H31N5O3/c1-16(2)21(14-24)20(23(30)25-7-8-28-9-11-31-12-10-28)13-17(3)19-5-6-22(26-15-19)27-18(4)29/h5-6,13-15,24H,3,7-12H2,1-2,4H3,(H,25,30)(H,26,27,29)/b20-13+,24-14?. The number of pyridine rings is 1. The first-order chi connectivity index (χ1) is 14.8. The molecule has 1 aromatic heterocycles. The number of carbonyl (C=O) groups excluding carboxylic acids is 2. The quantitative estimate of drug-likeness (QED) is 0.320. The number of nitrogens with one attached hydrogen (secondary N) is 3. The van der Waals surface area contributed by atoms with E-state index in [-0.39, 0.29) is 11.8 Å².